The minimum absolute atomic E-state index is 0.0242. The van der Waals surface area contributed by atoms with E-state index in [9.17, 15) is 4.79 Å². The highest BCUT2D eigenvalue weighted by Gasteiger charge is 2.14. The molecule has 1 N–H and O–H groups in total. The molecule has 1 aromatic rings. The van der Waals surface area contributed by atoms with Crippen LogP contribution < -0.4 is 9.47 Å². The highest BCUT2D eigenvalue weighted by molar-refractivity contribution is 5.72. The van der Waals surface area contributed by atoms with Crippen LogP contribution in [0.1, 0.15) is 19.4 Å². The van der Waals surface area contributed by atoms with Gasteiger partial charge in [-0.2, -0.15) is 0 Å². The van der Waals surface area contributed by atoms with Crippen molar-refractivity contribution in [1.29, 1.82) is 0 Å². The Hall–Kier alpha value is -1.71. The number of carboxylic acids is 1. The molecule has 0 aromatic heterocycles. The van der Waals surface area contributed by atoms with Crippen LogP contribution in [0.5, 0.6) is 11.5 Å². The SMILES string of the molecule is COc1cccc(CC(=O)O)c1OC(C)C. The van der Waals surface area contributed by atoms with Gasteiger partial charge < -0.3 is 14.6 Å². The number of benzene rings is 1. The molecule has 0 aliphatic heterocycles. The number of aliphatic carboxylic acids is 1. The maximum Gasteiger partial charge on any atom is 0.307 e. The molecule has 0 fully saturated rings. The minimum atomic E-state index is -0.887. The molecule has 0 aliphatic rings. The smallest absolute Gasteiger partial charge is 0.307 e. The van der Waals surface area contributed by atoms with Crippen LogP contribution in [0, 0.1) is 0 Å². The molecule has 0 radical (unpaired) electrons. The second-order valence-electron chi connectivity index (χ2n) is 3.69. The average molecular weight is 224 g/mol. The summed E-state index contributed by atoms with van der Waals surface area (Å²) in [5.74, 6) is 0.191. The molecule has 0 saturated heterocycles. The minimum Gasteiger partial charge on any atom is -0.493 e. The lowest BCUT2D eigenvalue weighted by atomic mass is 10.1. The Morgan fingerprint density at radius 3 is 2.62 bits per heavy atom. The van der Waals surface area contributed by atoms with Gasteiger partial charge in [-0.25, -0.2) is 0 Å². The van der Waals surface area contributed by atoms with Crippen LogP contribution >= 0.6 is 0 Å². The van der Waals surface area contributed by atoms with Crippen molar-refractivity contribution in [2.24, 2.45) is 0 Å². The van der Waals surface area contributed by atoms with E-state index in [1.807, 2.05) is 13.8 Å². The molecule has 4 heteroatoms. The fourth-order valence-corrected chi connectivity index (χ4v) is 1.39. The third-order valence-electron chi connectivity index (χ3n) is 1.98. The van der Waals surface area contributed by atoms with Crippen LogP contribution in [-0.2, 0) is 11.2 Å². The number of hydrogen-bond donors (Lipinski definition) is 1. The molecule has 0 unspecified atom stereocenters. The molecule has 1 rings (SSSR count). The molecule has 1 aromatic carbocycles. The fraction of sp³-hybridized carbons (Fsp3) is 0.417. The molecule has 0 aliphatic carbocycles. The number of carbonyl (C=O) groups is 1. The number of para-hydroxylation sites is 1. The predicted molar refractivity (Wildman–Crippen MR) is 60.1 cm³/mol. The van der Waals surface area contributed by atoms with Gasteiger partial charge in [0.05, 0.1) is 19.6 Å². The maximum absolute atomic E-state index is 10.7. The van der Waals surface area contributed by atoms with Crippen LogP contribution in [0.4, 0.5) is 0 Å². The molecule has 0 saturated carbocycles. The molecule has 0 spiro atoms. The summed E-state index contributed by atoms with van der Waals surface area (Å²) in [7, 11) is 1.53. The third kappa shape index (κ3) is 3.15. The van der Waals surface area contributed by atoms with Crippen LogP contribution in [0.2, 0.25) is 0 Å². The summed E-state index contributed by atoms with van der Waals surface area (Å²) in [6.07, 6.45) is -0.0944. The topological polar surface area (TPSA) is 55.8 Å². The molecule has 0 heterocycles. The predicted octanol–water partition coefficient (Wildman–Crippen LogP) is 2.11. The normalized spacial score (nSPS) is 10.2. The van der Waals surface area contributed by atoms with Gasteiger partial charge in [-0.15, -0.1) is 0 Å². The summed E-state index contributed by atoms with van der Waals surface area (Å²) in [5, 5.41) is 8.79. The van der Waals surface area contributed by atoms with Gasteiger partial charge in [0.2, 0.25) is 0 Å². The lowest BCUT2D eigenvalue weighted by Gasteiger charge is -2.16. The molecule has 88 valence electrons. The first kappa shape index (κ1) is 12.4. The highest BCUT2D eigenvalue weighted by Crippen LogP contribution is 2.32. The third-order valence-corrected chi connectivity index (χ3v) is 1.98. The van der Waals surface area contributed by atoms with E-state index in [1.54, 1.807) is 18.2 Å². The Morgan fingerprint density at radius 1 is 1.44 bits per heavy atom. The summed E-state index contributed by atoms with van der Waals surface area (Å²) in [4.78, 5) is 10.7. The van der Waals surface area contributed by atoms with Crippen molar-refractivity contribution in [3.05, 3.63) is 23.8 Å². The average Bonchev–Trinajstić information content (AvgIpc) is 2.19. The Kier molecular flexibility index (Phi) is 4.17. The zero-order valence-corrected chi connectivity index (χ0v) is 9.69. The Bertz CT molecular complexity index is 371. The molecular formula is C12H16O4. The lowest BCUT2D eigenvalue weighted by Crippen LogP contribution is -2.10. The zero-order valence-electron chi connectivity index (χ0n) is 9.69. The van der Waals surface area contributed by atoms with E-state index < -0.39 is 5.97 Å². The molecular weight excluding hydrogens is 208 g/mol. The van der Waals surface area contributed by atoms with Gasteiger partial charge in [0.25, 0.3) is 0 Å². The largest absolute Gasteiger partial charge is 0.493 e. The van der Waals surface area contributed by atoms with Crippen LogP contribution in [0.3, 0.4) is 0 Å². The number of rotatable bonds is 5. The molecule has 16 heavy (non-hydrogen) atoms. The number of carboxylic acid groups (broad SMARTS) is 1. The first-order valence-corrected chi connectivity index (χ1v) is 5.09. The van der Waals surface area contributed by atoms with Crippen LogP contribution in [0.15, 0.2) is 18.2 Å². The van der Waals surface area contributed by atoms with Gasteiger partial charge in [-0.3, -0.25) is 4.79 Å². The van der Waals surface area contributed by atoms with Crippen LogP contribution in [-0.4, -0.2) is 24.3 Å². The van der Waals surface area contributed by atoms with E-state index in [2.05, 4.69) is 0 Å². The van der Waals surface area contributed by atoms with Crippen molar-refractivity contribution in [2.75, 3.05) is 7.11 Å². The van der Waals surface area contributed by atoms with Crippen molar-refractivity contribution in [3.63, 3.8) is 0 Å². The van der Waals surface area contributed by atoms with Crippen molar-refractivity contribution in [3.8, 4) is 11.5 Å². The second-order valence-corrected chi connectivity index (χ2v) is 3.69. The standard InChI is InChI=1S/C12H16O4/c1-8(2)16-12-9(7-11(13)14)5-4-6-10(12)15-3/h4-6,8H,7H2,1-3H3,(H,13,14). The van der Waals surface area contributed by atoms with Crippen molar-refractivity contribution < 1.29 is 19.4 Å². The van der Waals surface area contributed by atoms with Gasteiger partial charge in [0.15, 0.2) is 11.5 Å². The monoisotopic (exact) mass is 224 g/mol. The van der Waals surface area contributed by atoms with E-state index in [1.165, 1.54) is 7.11 Å². The van der Waals surface area contributed by atoms with Crippen molar-refractivity contribution in [2.45, 2.75) is 26.4 Å². The summed E-state index contributed by atoms with van der Waals surface area (Å²) < 4.78 is 10.7. The fourth-order valence-electron chi connectivity index (χ4n) is 1.39. The van der Waals surface area contributed by atoms with E-state index >= 15 is 0 Å². The first-order valence-electron chi connectivity index (χ1n) is 5.09. The summed E-state index contributed by atoms with van der Waals surface area (Å²) in [5.41, 5.74) is 0.626. The molecule has 0 atom stereocenters. The molecule has 0 amide bonds. The highest BCUT2D eigenvalue weighted by atomic mass is 16.5. The zero-order chi connectivity index (χ0) is 12.1. The van der Waals surface area contributed by atoms with E-state index in [0.29, 0.717) is 17.1 Å². The number of ether oxygens (including phenoxy) is 2. The molecule has 4 nitrogen and oxygen atoms in total. The van der Waals surface area contributed by atoms with Crippen LogP contribution in [0.25, 0.3) is 0 Å². The Morgan fingerprint density at radius 2 is 2.12 bits per heavy atom. The van der Waals surface area contributed by atoms with E-state index in [4.69, 9.17) is 14.6 Å². The Labute approximate surface area is 94.8 Å². The lowest BCUT2D eigenvalue weighted by molar-refractivity contribution is -0.136. The van der Waals surface area contributed by atoms with Gasteiger partial charge in [0.1, 0.15) is 0 Å². The first-order chi connectivity index (χ1) is 7.54. The van der Waals surface area contributed by atoms with Gasteiger partial charge in [0, 0.05) is 5.56 Å². The van der Waals surface area contributed by atoms with Gasteiger partial charge >= 0.3 is 5.97 Å². The van der Waals surface area contributed by atoms with Crippen molar-refractivity contribution in [1.82, 2.24) is 0 Å². The Balaban J connectivity index is 3.09. The van der Waals surface area contributed by atoms with Crippen molar-refractivity contribution >= 4 is 5.97 Å². The maximum atomic E-state index is 10.7. The molecule has 0 bridgehead atoms. The second kappa shape index (κ2) is 5.39. The number of hydrogen-bond acceptors (Lipinski definition) is 3. The summed E-state index contributed by atoms with van der Waals surface area (Å²) in [6.45, 7) is 3.77. The van der Waals surface area contributed by atoms with E-state index in [0.717, 1.165) is 0 Å². The summed E-state index contributed by atoms with van der Waals surface area (Å²) >= 11 is 0. The summed E-state index contributed by atoms with van der Waals surface area (Å²) in [6, 6.07) is 5.24. The van der Waals surface area contributed by atoms with E-state index in [-0.39, 0.29) is 12.5 Å². The van der Waals surface area contributed by atoms with Gasteiger partial charge in [-0.1, -0.05) is 12.1 Å². The number of methoxy groups -OCH3 is 1. The van der Waals surface area contributed by atoms with Gasteiger partial charge in [-0.05, 0) is 19.9 Å². The quantitative estimate of drug-likeness (QED) is 0.832.